The molecule has 2 nitrogen and oxygen atoms in total. The van der Waals surface area contributed by atoms with Crippen molar-refractivity contribution in [2.45, 2.75) is 12.8 Å². The lowest BCUT2D eigenvalue weighted by Gasteiger charge is -2.19. The first kappa shape index (κ1) is 22.0. The van der Waals surface area contributed by atoms with Crippen molar-refractivity contribution in [3.8, 4) is 23.3 Å². The third kappa shape index (κ3) is 4.56. The first-order valence-electron chi connectivity index (χ1n) is 10.2. The van der Waals surface area contributed by atoms with Crippen LogP contribution in [0.25, 0.3) is 16.7 Å². The average molecular weight is 444 g/mol. The molecule has 0 amide bonds. The molecule has 162 valence electrons. The Morgan fingerprint density at radius 1 is 0.758 bits per heavy atom. The summed E-state index contributed by atoms with van der Waals surface area (Å²) in [5, 5.41) is 17.7. The Morgan fingerprint density at radius 2 is 1.39 bits per heavy atom. The molecule has 0 saturated heterocycles. The molecule has 0 saturated carbocycles. The number of hydrogen-bond acceptors (Lipinski definition) is 2. The van der Waals surface area contributed by atoms with Crippen LogP contribution in [0, 0.1) is 46.0 Å². The van der Waals surface area contributed by atoms with Gasteiger partial charge in [0.1, 0.15) is 35.4 Å². The summed E-state index contributed by atoms with van der Waals surface area (Å²) in [4.78, 5) is 0. The lowest BCUT2D eigenvalue weighted by molar-refractivity contribution is 0.587. The average Bonchev–Trinajstić information content (AvgIpc) is 2.79. The molecule has 1 aliphatic carbocycles. The molecule has 1 atom stereocenters. The fourth-order valence-corrected chi connectivity index (χ4v) is 3.90. The minimum absolute atomic E-state index is 0.105. The van der Waals surface area contributed by atoms with Gasteiger partial charge in [0.2, 0.25) is 0 Å². The third-order valence-electron chi connectivity index (χ3n) is 5.60. The fourth-order valence-electron chi connectivity index (χ4n) is 3.90. The number of allylic oxidation sites excluding steroid dienone is 4. The van der Waals surface area contributed by atoms with Crippen molar-refractivity contribution in [1.82, 2.24) is 0 Å². The lowest BCUT2D eigenvalue weighted by atomic mass is 9.87. The predicted molar refractivity (Wildman–Crippen MR) is 117 cm³/mol. The van der Waals surface area contributed by atoms with Crippen LogP contribution in [0.5, 0.6) is 0 Å². The highest BCUT2D eigenvalue weighted by Gasteiger charge is 2.19. The predicted octanol–water partition coefficient (Wildman–Crippen LogP) is 7.01. The van der Waals surface area contributed by atoms with Crippen LogP contribution < -0.4 is 0 Å². The van der Waals surface area contributed by atoms with Crippen molar-refractivity contribution in [2.75, 3.05) is 0 Å². The molecule has 0 heterocycles. The van der Waals surface area contributed by atoms with Gasteiger partial charge in [-0.3, -0.25) is 0 Å². The first-order chi connectivity index (χ1) is 15.9. The van der Waals surface area contributed by atoms with Crippen molar-refractivity contribution < 1.29 is 17.6 Å². The summed E-state index contributed by atoms with van der Waals surface area (Å²) in [6, 6.07) is 15.9. The number of halogens is 4. The largest absolute Gasteiger partial charge is 0.207 e. The number of hydrogen-bond donors (Lipinski definition) is 0. The maximum atomic E-state index is 14.7. The summed E-state index contributed by atoms with van der Waals surface area (Å²) in [6.07, 6.45) is 3.98. The summed E-state index contributed by atoms with van der Waals surface area (Å²) in [5.41, 5.74) is 1.58. The molecule has 0 bridgehead atoms. The Bertz CT molecular complexity index is 1390. The van der Waals surface area contributed by atoms with Crippen molar-refractivity contribution in [3.63, 3.8) is 0 Å². The first-order valence-corrected chi connectivity index (χ1v) is 10.2. The molecule has 0 radical (unpaired) electrons. The van der Waals surface area contributed by atoms with Gasteiger partial charge in [-0.2, -0.15) is 10.5 Å². The fraction of sp³-hybridized carbons (Fsp3) is 0.111. The van der Waals surface area contributed by atoms with Crippen LogP contribution in [-0.4, -0.2) is 0 Å². The Kier molecular flexibility index (Phi) is 6.11. The maximum absolute atomic E-state index is 14.7. The molecule has 0 N–H and O–H groups in total. The SMILES string of the molecule is N#Cc1ccc(C2=CCC(Cc3ccc(-c4ccc(C#N)c(F)c4)c(F)c3)C=C2F)cc1F. The molecule has 0 aromatic heterocycles. The van der Waals surface area contributed by atoms with E-state index >= 15 is 0 Å². The van der Waals surface area contributed by atoms with E-state index in [2.05, 4.69) is 0 Å². The van der Waals surface area contributed by atoms with E-state index in [1.54, 1.807) is 24.3 Å². The van der Waals surface area contributed by atoms with Crippen molar-refractivity contribution in [1.29, 1.82) is 10.5 Å². The van der Waals surface area contributed by atoms with E-state index in [-0.39, 0.29) is 28.2 Å². The van der Waals surface area contributed by atoms with Crippen molar-refractivity contribution in [2.24, 2.45) is 5.92 Å². The topological polar surface area (TPSA) is 47.6 Å². The van der Waals surface area contributed by atoms with Crippen molar-refractivity contribution >= 4 is 5.57 Å². The number of nitrogens with zero attached hydrogens (tertiary/aromatic N) is 2. The molecule has 3 aromatic carbocycles. The van der Waals surface area contributed by atoms with Crippen LogP contribution in [0.2, 0.25) is 0 Å². The summed E-state index contributed by atoms with van der Waals surface area (Å²) in [5.74, 6) is -2.68. The van der Waals surface area contributed by atoms with E-state index in [0.717, 1.165) is 12.1 Å². The highest BCUT2D eigenvalue weighted by Crippen LogP contribution is 2.34. The van der Waals surface area contributed by atoms with Crippen LogP contribution >= 0.6 is 0 Å². The van der Waals surface area contributed by atoms with E-state index < -0.39 is 23.3 Å². The zero-order chi connectivity index (χ0) is 23.5. The van der Waals surface area contributed by atoms with Crippen LogP contribution in [0.4, 0.5) is 17.6 Å². The summed E-state index contributed by atoms with van der Waals surface area (Å²) in [7, 11) is 0. The van der Waals surface area contributed by atoms with Gasteiger partial charge in [0.15, 0.2) is 0 Å². The number of benzene rings is 3. The monoisotopic (exact) mass is 444 g/mol. The molecule has 0 spiro atoms. The lowest BCUT2D eigenvalue weighted by Crippen LogP contribution is -2.06. The molecule has 6 heteroatoms. The molecule has 0 fully saturated rings. The zero-order valence-electron chi connectivity index (χ0n) is 17.2. The van der Waals surface area contributed by atoms with Gasteiger partial charge in [0, 0.05) is 11.1 Å². The molecule has 4 rings (SSSR count). The quantitative estimate of drug-likeness (QED) is 0.406. The highest BCUT2D eigenvalue weighted by atomic mass is 19.1. The molecule has 1 unspecified atom stereocenters. The van der Waals surface area contributed by atoms with Gasteiger partial charge in [-0.25, -0.2) is 17.6 Å². The Balaban J connectivity index is 1.50. The van der Waals surface area contributed by atoms with E-state index in [4.69, 9.17) is 10.5 Å². The molecule has 1 aliphatic rings. The standard InChI is InChI=1S/C27H16F4N2/c28-24-12-18(3-5-20(24)14-32)22-7-1-16(10-26(22)30)9-17-2-8-23(27(31)11-17)19-4-6-21(15-33)25(29)13-19/h1,3-8,10-13,17H,2,9H2. The normalized spacial score (nSPS) is 15.3. The van der Waals surface area contributed by atoms with E-state index in [1.165, 1.54) is 42.5 Å². The Hall–Kier alpha value is -4.16. The number of rotatable bonds is 4. The summed E-state index contributed by atoms with van der Waals surface area (Å²) >= 11 is 0. The minimum atomic E-state index is -0.717. The van der Waals surface area contributed by atoms with Gasteiger partial charge < -0.3 is 0 Å². The molecule has 0 aliphatic heterocycles. The number of nitriles is 2. The minimum Gasteiger partial charge on any atom is -0.207 e. The highest BCUT2D eigenvalue weighted by molar-refractivity contribution is 5.78. The Labute approximate surface area is 188 Å². The van der Waals surface area contributed by atoms with Crippen LogP contribution in [0.1, 0.15) is 28.7 Å². The van der Waals surface area contributed by atoms with Gasteiger partial charge in [-0.15, -0.1) is 0 Å². The summed E-state index contributed by atoms with van der Waals surface area (Å²) < 4.78 is 57.2. The van der Waals surface area contributed by atoms with Crippen LogP contribution in [0.15, 0.2) is 72.6 Å². The van der Waals surface area contributed by atoms with Gasteiger partial charge in [-0.05, 0) is 71.9 Å². The van der Waals surface area contributed by atoms with Gasteiger partial charge in [0.05, 0.1) is 11.1 Å². The maximum Gasteiger partial charge on any atom is 0.141 e. The van der Waals surface area contributed by atoms with Gasteiger partial charge >= 0.3 is 0 Å². The van der Waals surface area contributed by atoms with Crippen LogP contribution in [-0.2, 0) is 6.42 Å². The zero-order valence-corrected chi connectivity index (χ0v) is 17.2. The second-order valence-electron chi connectivity index (χ2n) is 7.76. The Morgan fingerprint density at radius 3 is 1.97 bits per heavy atom. The smallest absolute Gasteiger partial charge is 0.141 e. The van der Waals surface area contributed by atoms with Crippen LogP contribution in [0.3, 0.4) is 0 Å². The van der Waals surface area contributed by atoms with E-state index in [1.807, 2.05) is 0 Å². The molecule has 3 aromatic rings. The van der Waals surface area contributed by atoms with Gasteiger partial charge in [0.25, 0.3) is 0 Å². The molecular formula is C27H16F4N2. The van der Waals surface area contributed by atoms with E-state index in [0.29, 0.717) is 29.5 Å². The summed E-state index contributed by atoms with van der Waals surface area (Å²) in [6.45, 7) is 0. The van der Waals surface area contributed by atoms with Crippen molar-refractivity contribution in [3.05, 3.63) is 112 Å². The molecular weight excluding hydrogens is 428 g/mol. The second kappa shape index (κ2) is 9.14. The van der Waals surface area contributed by atoms with E-state index in [9.17, 15) is 17.6 Å². The third-order valence-corrected chi connectivity index (χ3v) is 5.60. The molecule has 33 heavy (non-hydrogen) atoms. The second-order valence-corrected chi connectivity index (χ2v) is 7.76. The van der Waals surface area contributed by atoms with Gasteiger partial charge in [-0.1, -0.05) is 30.3 Å².